The van der Waals surface area contributed by atoms with Crippen molar-refractivity contribution in [2.75, 3.05) is 38.5 Å². The number of phenols is 1. The molecule has 2 aliphatic rings. The minimum Gasteiger partial charge on any atom is -0.508 e. The highest BCUT2D eigenvalue weighted by Gasteiger charge is 2.19. The number of pyridine rings is 1. The summed E-state index contributed by atoms with van der Waals surface area (Å²) in [5, 5.41) is 13.1. The maximum absolute atomic E-state index is 13.4. The molecule has 1 aliphatic heterocycles. The molecule has 2 heterocycles. The molecule has 6 rings (SSSR count). The standard InChI is InChI=1S/C35H36N4O3/c1-23-10-13-29(42-34-21-33(25-6-4-7-28(40)19-25)37-32-9-5-8-30(32)34)20-31(23)35(41)36-27-12-11-26(24(2)18-27)22-39-16-14-38(3)15-17-39/h4-8,10-13,18-21,40H,9,14-17,22H2,1-3H3,(H,36,41). The smallest absolute Gasteiger partial charge is 0.256 e. The maximum atomic E-state index is 13.4. The zero-order valence-corrected chi connectivity index (χ0v) is 24.4. The van der Waals surface area contributed by atoms with Gasteiger partial charge in [-0.15, -0.1) is 0 Å². The highest BCUT2D eigenvalue weighted by Crippen LogP contribution is 2.36. The Morgan fingerprint density at radius 1 is 0.976 bits per heavy atom. The first-order valence-corrected chi connectivity index (χ1v) is 14.4. The average molecular weight is 561 g/mol. The van der Waals surface area contributed by atoms with Crippen molar-refractivity contribution in [3.63, 3.8) is 0 Å². The summed E-state index contributed by atoms with van der Waals surface area (Å²) in [6.07, 6.45) is 4.79. The largest absolute Gasteiger partial charge is 0.508 e. The number of benzene rings is 3. The molecule has 0 unspecified atom stereocenters. The second kappa shape index (κ2) is 11.8. The minimum absolute atomic E-state index is 0.176. The number of anilines is 1. The highest BCUT2D eigenvalue weighted by molar-refractivity contribution is 6.05. The van der Waals surface area contributed by atoms with Gasteiger partial charge < -0.3 is 20.1 Å². The molecular weight excluding hydrogens is 524 g/mol. The summed E-state index contributed by atoms with van der Waals surface area (Å²) in [5.74, 6) is 1.24. The van der Waals surface area contributed by atoms with Crippen LogP contribution < -0.4 is 10.1 Å². The predicted molar refractivity (Wildman–Crippen MR) is 167 cm³/mol. The number of hydrogen-bond donors (Lipinski definition) is 2. The molecule has 2 N–H and O–H groups in total. The van der Waals surface area contributed by atoms with E-state index in [0.717, 1.165) is 66.5 Å². The van der Waals surface area contributed by atoms with Gasteiger partial charge in [0.2, 0.25) is 0 Å². The molecule has 214 valence electrons. The van der Waals surface area contributed by atoms with Crippen LogP contribution >= 0.6 is 0 Å². The Balaban J connectivity index is 1.20. The molecule has 1 amide bonds. The van der Waals surface area contributed by atoms with Crippen LogP contribution in [0, 0.1) is 13.8 Å². The van der Waals surface area contributed by atoms with E-state index in [-0.39, 0.29) is 11.7 Å². The lowest BCUT2D eigenvalue weighted by Gasteiger charge is -2.32. The third-order valence-electron chi connectivity index (χ3n) is 8.11. The van der Waals surface area contributed by atoms with Crippen LogP contribution in [0.3, 0.4) is 0 Å². The van der Waals surface area contributed by atoms with E-state index < -0.39 is 0 Å². The number of nitrogens with one attached hydrogen (secondary N) is 1. The van der Waals surface area contributed by atoms with E-state index in [2.05, 4.69) is 47.3 Å². The van der Waals surface area contributed by atoms with Gasteiger partial charge in [-0.25, -0.2) is 0 Å². The molecule has 0 saturated carbocycles. The molecular formula is C35H36N4O3. The Morgan fingerprint density at radius 2 is 1.81 bits per heavy atom. The van der Waals surface area contributed by atoms with Crippen LogP contribution in [0.2, 0.25) is 0 Å². The third-order valence-corrected chi connectivity index (χ3v) is 8.11. The number of rotatable bonds is 7. The van der Waals surface area contributed by atoms with E-state index in [1.54, 1.807) is 24.3 Å². The minimum atomic E-state index is -0.176. The molecule has 4 aromatic rings. The molecule has 1 fully saturated rings. The fourth-order valence-electron chi connectivity index (χ4n) is 5.53. The number of phenolic OH excluding ortho intramolecular Hbond substituents is 1. The molecule has 1 aromatic heterocycles. The first-order chi connectivity index (χ1) is 20.3. The van der Waals surface area contributed by atoms with Crippen LogP contribution in [0.4, 0.5) is 5.69 Å². The Hall–Kier alpha value is -4.46. The summed E-state index contributed by atoms with van der Waals surface area (Å²) in [6, 6.07) is 20.7. The highest BCUT2D eigenvalue weighted by atomic mass is 16.5. The van der Waals surface area contributed by atoms with Crippen molar-refractivity contribution in [1.82, 2.24) is 14.8 Å². The van der Waals surface area contributed by atoms with Crippen molar-refractivity contribution in [3.05, 3.63) is 106 Å². The number of hydrogen-bond acceptors (Lipinski definition) is 6. The SMILES string of the molecule is Cc1cc(NC(=O)c2cc(Oc3cc(-c4cccc(O)c4)nc4c3C=CC4)ccc2C)ccc1CN1CCN(C)CC1. The monoisotopic (exact) mass is 560 g/mol. The maximum Gasteiger partial charge on any atom is 0.256 e. The van der Waals surface area contributed by atoms with Crippen LogP contribution in [0.25, 0.3) is 17.3 Å². The molecule has 1 saturated heterocycles. The van der Waals surface area contributed by atoms with Gasteiger partial charge >= 0.3 is 0 Å². The van der Waals surface area contributed by atoms with Crippen molar-refractivity contribution in [2.24, 2.45) is 0 Å². The number of aromatic hydroxyl groups is 1. The number of aryl methyl sites for hydroxylation is 2. The Labute approximate surface area is 247 Å². The fraction of sp³-hybridized carbons (Fsp3) is 0.257. The van der Waals surface area contributed by atoms with Crippen molar-refractivity contribution >= 4 is 17.7 Å². The zero-order valence-electron chi connectivity index (χ0n) is 24.4. The van der Waals surface area contributed by atoms with Crippen LogP contribution in [0.5, 0.6) is 17.2 Å². The summed E-state index contributed by atoms with van der Waals surface area (Å²) in [6.45, 7) is 9.28. The topological polar surface area (TPSA) is 77.9 Å². The Kier molecular flexibility index (Phi) is 7.78. The lowest BCUT2D eigenvalue weighted by atomic mass is 10.1. The second-order valence-corrected chi connectivity index (χ2v) is 11.3. The number of nitrogens with zero attached hydrogens (tertiary/aromatic N) is 3. The predicted octanol–water partition coefficient (Wildman–Crippen LogP) is 6.43. The van der Waals surface area contributed by atoms with Crippen LogP contribution in [0.15, 0.2) is 72.8 Å². The lowest BCUT2D eigenvalue weighted by molar-refractivity contribution is 0.102. The Bertz CT molecular complexity index is 1670. The summed E-state index contributed by atoms with van der Waals surface area (Å²) in [4.78, 5) is 23.1. The molecule has 7 heteroatoms. The quantitative estimate of drug-likeness (QED) is 0.271. The number of likely N-dealkylation sites (N-methyl/N-ethyl adjacent to an activating group) is 1. The normalized spacial score (nSPS) is 15.0. The van der Waals surface area contributed by atoms with E-state index >= 15 is 0 Å². The van der Waals surface area contributed by atoms with Gasteiger partial charge in [0.1, 0.15) is 17.2 Å². The van der Waals surface area contributed by atoms with Crippen LogP contribution in [0.1, 0.15) is 38.3 Å². The van der Waals surface area contributed by atoms with Crippen molar-refractivity contribution < 1.29 is 14.6 Å². The zero-order chi connectivity index (χ0) is 29.2. The molecule has 7 nitrogen and oxygen atoms in total. The van der Waals surface area contributed by atoms with E-state index in [0.29, 0.717) is 23.5 Å². The van der Waals surface area contributed by atoms with Gasteiger partial charge in [0.15, 0.2) is 0 Å². The molecule has 0 spiro atoms. The number of ether oxygens (including phenoxy) is 1. The summed E-state index contributed by atoms with van der Waals surface area (Å²) >= 11 is 0. The first kappa shape index (κ1) is 27.7. The van der Waals surface area contributed by atoms with Crippen LogP contribution in [-0.4, -0.2) is 59.0 Å². The molecule has 0 bridgehead atoms. The first-order valence-electron chi connectivity index (χ1n) is 14.4. The summed E-state index contributed by atoms with van der Waals surface area (Å²) in [5.41, 5.74) is 8.03. The molecule has 0 radical (unpaired) electrons. The van der Waals surface area contributed by atoms with Gasteiger partial charge in [0.05, 0.1) is 11.4 Å². The number of piperazine rings is 1. The Morgan fingerprint density at radius 3 is 2.60 bits per heavy atom. The van der Waals surface area contributed by atoms with E-state index in [1.165, 1.54) is 11.1 Å². The van der Waals surface area contributed by atoms with Crippen molar-refractivity contribution in [1.29, 1.82) is 0 Å². The number of allylic oxidation sites excluding steroid dienone is 1. The van der Waals surface area contributed by atoms with Gasteiger partial charge in [0.25, 0.3) is 5.91 Å². The number of aromatic nitrogens is 1. The van der Waals surface area contributed by atoms with E-state index in [9.17, 15) is 9.90 Å². The van der Waals surface area contributed by atoms with E-state index in [1.807, 2.05) is 43.3 Å². The second-order valence-electron chi connectivity index (χ2n) is 11.3. The molecule has 0 atom stereocenters. The molecule has 3 aromatic carbocycles. The van der Waals surface area contributed by atoms with Gasteiger partial charge in [0, 0.05) is 67.6 Å². The number of fused-ring (bicyclic) bond motifs is 1. The molecule has 42 heavy (non-hydrogen) atoms. The van der Waals surface area contributed by atoms with Gasteiger partial charge in [-0.1, -0.05) is 36.4 Å². The fourth-order valence-corrected chi connectivity index (χ4v) is 5.53. The summed E-state index contributed by atoms with van der Waals surface area (Å²) in [7, 11) is 2.17. The lowest BCUT2D eigenvalue weighted by Crippen LogP contribution is -2.43. The number of carbonyl (C=O) groups is 1. The summed E-state index contributed by atoms with van der Waals surface area (Å²) < 4.78 is 6.38. The molecule has 1 aliphatic carbocycles. The van der Waals surface area contributed by atoms with Gasteiger partial charge in [-0.3, -0.25) is 14.7 Å². The average Bonchev–Trinajstić information content (AvgIpc) is 3.46. The van der Waals surface area contributed by atoms with E-state index in [4.69, 9.17) is 9.72 Å². The van der Waals surface area contributed by atoms with Gasteiger partial charge in [-0.2, -0.15) is 0 Å². The van der Waals surface area contributed by atoms with Crippen molar-refractivity contribution in [3.8, 4) is 28.5 Å². The van der Waals surface area contributed by atoms with Gasteiger partial charge in [-0.05, 0) is 74.0 Å². The number of carbonyl (C=O) groups excluding carboxylic acids is 1. The van der Waals surface area contributed by atoms with Crippen molar-refractivity contribution in [2.45, 2.75) is 26.8 Å². The van der Waals surface area contributed by atoms with Crippen LogP contribution in [-0.2, 0) is 13.0 Å². The third kappa shape index (κ3) is 6.08. The number of amides is 1.